The number of hydrogen-bond donors (Lipinski definition) is 4. The molecule has 1 fully saturated rings. The number of nitrogens with zero attached hydrogens (tertiary/aromatic N) is 1. The average molecular weight is 302 g/mol. The Kier molecular flexibility index (Phi) is 6.10. The highest BCUT2D eigenvalue weighted by Crippen LogP contribution is 2.17. The summed E-state index contributed by atoms with van der Waals surface area (Å²) >= 11 is 0. The standard InChI is InChI=1S/C12H18N2O7/c15-6-4-7(11(18)19)13-9(16)10(17)14-5-2-1-3-8(14)12(20)21/h7-8,15H,1-6H2,(H,13,16)(H,18,19)(H,20,21)/t7-,8+/m0/s1. The first-order valence-electron chi connectivity index (χ1n) is 6.56. The van der Waals surface area contributed by atoms with E-state index in [0.717, 1.165) is 4.90 Å². The molecule has 1 aliphatic heterocycles. The molecule has 1 aliphatic rings. The molecule has 118 valence electrons. The van der Waals surface area contributed by atoms with Crippen LogP contribution in [0.3, 0.4) is 0 Å². The van der Waals surface area contributed by atoms with Crippen LogP contribution in [0.2, 0.25) is 0 Å². The van der Waals surface area contributed by atoms with Gasteiger partial charge < -0.3 is 25.5 Å². The molecule has 2 amide bonds. The monoisotopic (exact) mass is 302 g/mol. The highest BCUT2D eigenvalue weighted by molar-refractivity contribution is 6.35. The van der Waals surface area contributed by atoms with E-state index in [4.69, 9.17) is 15.3 Å². The van der Waals surface area contributed by atoms with E-state index in [0.29, 0.717) is 12.8 Å². The van der Waals surface area contributed by atoms with Gasteiger partial charge in [-0.25, -0.2) is 9.59 Å². The van der Waals surface area contributed by atoms with Gasteiger partial charge in [0, 0.05) is 19.6 Å². The van der Waals surface area contributed by atoms with Crippen LogP contribution in [0.5, 0.6) is 0 Å². The molecular formula is C12H18N2O7. The minimum Gasteiger partial charge on any atom is -0.480 e. The second-order valence-corrected chi connectivity index (χ2v) is 4.72. The molecule has 1 rings (SSSR count). The van der Waals surface area contributed by atoms with Crippen LogP contribution in [0.25, 0.3) is 0 Å². The Hall–Kier alpha value is -2.16. The Labute approximate surface area is 120 Å². The van der Waals surface area contributed by atoms with Crippen molar-refractivity contribution in [1.82, 2.24) is 10.2 Å². The Morgan fingerprint density at radius 1 is 1.19 bits per heavy atom. The number of carboxylic acid groups (broad SMARTS) is 2. The van der Waals surface area contributed by atoms with Crippen molar-refractivity contribution in [3.63, 3.8) is 0 Å². The molecule has 0 aromatic carbocycles. The van der Waals surface area contributed by atoms with Crippen LogP contribution in [0, 0.1) is 0 Å². The van der Waals surface area contributed by atoms with Crippen molar-refractivity contribution in [1.29, 1.82) is 0 Å². The number of aliphatic carboxylic acids is 2. The fourth-order valence-corrected chi connectivity index (χ4v) is 2.17. The Balaban J connectivity index is 2.73. The quantitative estimate of drug-likeness (QED) is 0.448. The molecule has 0 saturated carbocycles. The second-order valence-electron chi connectivity index (χ2n) is 4.72. The summed E-state index contributed by atoms with van der Waals surface area (Å²) in [5.74, 6) is -4.81. The molecule has 4 N–H and O–H groups in total. The molecule has 0 bridgehead atoms. The average Bonchev–Trinajstić information content (AvgIpc) is 2.45. The van der Waals surface area contributed by atoms with Crippen LogP contribution in [0.15, 0.2) is 0 Å². The van der Waals surface area contributed by atoms with Gasteiger partial charge in [0.2, 0.25) is 0 Å². The highest BCUT2D eigenvalue weighted by atomic mass is 16.4. The molecule has 9 nitrogen and oxygen atoms in total. The van der Waals surface area contributed by atoms with E-state index < -0.39 is 42.4 Å². The van der Waals surface area contributed by atoms with E-state index >= 15 is 0 Å². The van der Waals surface area contributed by atoms with Crippen molar-refractivity contribution < 1.29 is 34.5 Å². The van der Waals surface area contributed by atoms with E-state index in [1.54, 1.807) is 0 Å². The van der Waals surface area contributed by atoms with Crippen molar-refractivity contribution in [2.24, 2.45) is 0 Å². The molecule has 9 heteroatoms. The number of carboxylic acids is 2. The first-order chi connectivity index (χ1) is 9.88. The molecular weight excluding hydrogens is 284 g/mol. The largest absolute Gasteiger partial charge is 0.480 e. The molecule has 0 aromatic heterocycles. The third-order valence-corrected chi connectivity index (χ3v) is 3.26. The minimum atomic E-state index is -1.39. The first-order valence-corrected chi connectivity index (χ1v) is 6.56. The number of aliphatic hydroxyl groups is 1. The maximum absolute atomic E-state index is 12.0. The van der Waals surface area contributed by atoms with Gasteiger partial charge in [0.15, 0.2) is 0 Å². The van der Waals surface area contributed by atoms with Gasteiger partial charge in [-0.1, -0.05) is 0 Å². The van der Waals surface area contributed by atoms with Crippen molar-refractivity contribution in [2.45, 2.75) is 37.8 Å². The van der Waals surface area contributed by atoms with E-state index in [1.807, 2.05) is 5.32 Å². The van der Waals surface area contributed by atoms with Crippen LogP contribution in [-0.4, -0.2) is 69.2 Å². The van der Waals surface area contributed by atoms with Gasteiger partial charge in [0.25, 0.3) is 0 Å². The lowest BCUT2D eigenvalue weighted by molar-refractivity contribution is -0.157. The zero-order valence-electron chi connectivity index (χ0n) is 11.3. The number of carbonyl (C=O) groups excluding carboxylic acids is 2. The maximum atomic E-state index is 12.0. The molecule has 0 aliphatic carbocycles. The summed E-state index contributed by atoms with van der Waals surface area (Å²) in [4.78, 5) is 46.6. The summed E-state index contributed by atoms with van der Waals surface area (Å²) in [5.41, 5.74) is 0. The normalized spacial score (nSPS) is 19.7. The lowest BCUT2D eigenvalue weighted by Crippen LogP contribution is -2.55. The molecule has 0 unspecified atom stereocenters. The molecule has 0 spiro atoms. The van der Waals surface area contributed by atoms with Crippen molar-refractivity contribution in [2.75, 3.05) is 13.2 Å². The number of carbonyl (C=O) groups is 4. The summed E-state index contributed by atoms with van der Waals surface area (Å²) in [7, 11) is 0. The van der Waals surface area contributed by atoms with Crippen LogP contribution >= 0.6 is 0 Å². The van der Waals surface area contributed by atoms with Crippen LogP contribution in [0.4, 0.5) is 0 Å². The number of amides is 2. The number of nitrogens with one attached hydrogen (secondary N) is 1. The summed E-state index contributed by atoms with van der Waals surface area (Å²) in [6, 6.07) is -2.46. The number of aliphatic hydroxyl groups excluding tert-OH is 1. The van der Waals surface area contributed by atoms with E-state index in [2.05, 4.69) is 0 Å². The predicted octanol–water partition coefficient (Wildman–Crippen LogP) is -1.60. The van der Waals surface area contributed by atoms with E-state index in [9.17, 15) is 19.2 Å². The van der Waals surface area contributed by atoms with Crippen molar-refractivity contribution in [3.8, 4) is 0 Å². The predicted molar refractivity (Wildman–Crippen MR) is 68.3 cm³/mol. The van der Waals surface area contributed by atoms with E-state index in [1.165, 1.54) is 0 Å². The van der Waals surface area contributed by atoms with Crippen LogP contribution in [0.1, 0.15) is 25.7 Å². The van der Waals surface area contributed by atoms with Gasteiger partial charge in [-0.15, -0.1) is 0 Å². The maximum Gasteiger partial charge on any atom is 0.326 e. The van der Waals surface area contributed by atoms with Gasteiger partial charge in [0.1, 0.15) is 12.1 Å². The lowest BCUT2D eigenvalue weighted by atomic mass is 10.0. The third kappa shape index (κ3) is 4.42. The first kappa shape index (κ1) is 16.9. The van der Waals surface area contributed by atoms with Crippen LogP contribution in [-0.2, 0) is 19.2 Å². The lowest BCUT2D eigenvalue weighted by Gasteiger charge is -2.32. The zero-order chi connectivity index (χ0) is 16.0. The molecule has 0 radical (unpaired) electrons. The van der Waals surface area contributed by atoms with Gasteiger partial charge in [-0.2, -0.15) is 0 Å². The minimum absolute atomic E-state index is 0.140. The Morgan fingerprint density at radius 2 is 1.86 bits per heavy atom. The highest BCUT2D eigenvalue weighted by Gasteiger charge is 2.36. The smallest absolute Gasteiger partial charge is 0.326 e. The van der Waals surface area contributed by atoms with Gasteiger partial charge in [-0.05, 0) is 19.3 Å². The number of hydrogen-bond acceptors (Lipinski definition) is 5. The van der Waals surface area contributed by atoms with E-state index in [-0.39, 0.29) is 19.4 Å². The Morgan fingerprint density at radius 3 is 2.38 bits per heavy atom. The molecule has 21 heavy (non-hydrogen) atoms. The van der Waals surface area contributed by atoms with Crippen molar-refractivity contribution >= 4 is 23.8 Å². The van der Waals surface area contributed by atoms with Crippen LogP contribution < -0.4 is 5.32 Å². The number of piperidine rings is 1. The zero-order valence-corrected chi connectivity index (χ0v) is 11.3. The summed E-state index contributed by atoms with van der Waals surface area (Å²) in [5, 5.41) is 28.6. The summed E-state index contributed by atoms with van der Waals surface area (Å²) in [6.07, 6.45) is 1.25. The topological polar surface area (TPSA) is 144 Å². The summed E-state index contributed by atoms with van der Waals surface area (Å²) in [6.45, 7) is -0.326. The van der Waals surface area contributed by atoms with Crippen molar-refractivity contribution in [3.05, 3.63) is 0 Å². The number of likely N-dealkylation sites (tertiary alicyclic amines) is 1. The summed E-state index contributed by atoms with van der Waals surface area (Å²) < 4.78 is 0. The molecule has 0 aromatic rings. The number of rotatable bonds is 5. The SMILES string of the molecule is O=C(N[C@@H](CCO)C(=O)O)C(=O)N1CCCC[C@@H]1C(=O)O. The van der Waals surface area contributed by atoms with Gasteiger partial charge >= 0.3 is 23.8 Å². The van der Waals surface area contributed by atoms with Gasteiger partial charge in [-0.3, -0.25) is 9.59 Å². The Bertz CT molecular complexity index is 437. The fraction of sp³-hybridized carbons (Fsp3) is 0.667. The third-order valence-electron chi connectivity index (χ3n) is 3.26. The molecule has 2 atom stereocenters. The second kappa shape index (κ2) is 7.58. The fourth-order valence-electron chi connectivity index (χ4n) is 2.17. The van der Waals surface area contributed by atoms with Gasteiger partial charge in [0.05, 0.1) is 0 Å². The molecule has 1 saturated heterocycles. The molecule has 1 heterocycles.